The monoisotopic (exact) mass is 377 g/mol. The van der Waals surface area contributed by atoms with Gasteiger partial charge in [-0.3, -0.25) is 14.7 Å². The van der Waals surface area contributed by atoms with Crippen molar-refractivity contribution in [3.8, 4) is 23.0 Å². The number of aromatic amines is 1. The number of hydrogen-bond acceptors (Lipinski definition) is 4. The van der Waals surface area contributed by atoms with Crippen LogP contribution in [0.3, 0.4) is 0 Å². The Morgan fingerprint density at radius 1 is 1.26 bits per heavy atom. The molecule has 1 fully saturated rings. The summed E-state index contributed by atoms with van der Waals surface area (Å²) >= 11 is 0. The molecular formula is C20H19N5OS. The zero-order chi connectivity index (χ0) is 19.0. The van der Waals surface area contributed by atoms with Crippen molar-refractivity contribution in [1.29, 1.82) is 10.0 Å². The van der Waals surface area contributed by atoms with Gasteiger partial charge in [0, 0.05) is 22.0 Å². The fourth-order valence-corrected chi connectivity index (χ4v) is 4.76. The third kappa shape index (κ3) is 3.13. The molecular weight excluding hydrogens is 358 g/mol. The number of rotatable bonds is 4. The van der Waals surface area contributed by atoms with Crippen molar-refractivity contribution in [2.45, 2.75) is 36.3 Å². The van der Waals surface area contributed by atoms with E-state index in [-0.39, 0.29) is 5.56 Å². The van der Waals surface area contributed by atoms with Gasteiger partial charge >= 0.3 is 0 Å². The molecule has 1 aliphatic carbocycles. The Bertz CT molecular complexity index is 1100. The molecule has 1 aromatic carbocycles. The molecule has 7 heteroatoms. The fourth-order valence-electron chi connectivity index (χ4n) is 3.19. The highest BCUT2D eigenvalue weighted by molar-refractivity contribution is 7.86. The molecule has 1 saturated carbocycles. The predicted octanol–water partition coefficient (Wildman–Crippen LogP) is 3.70. The Morgan fingerprint density at radius 3 is 2.56 bits per heavy atom. The highest BCUT2D eigenvalue weighted by Crippen LogP contribution is 2.28. The number of pyridine rings is 1. The van der Waals surface area contributed by atoms with Gasteiger partial charge in [-0.2, -0.15) is 5.26 Å². The molecule has 0 radical (unpaired) electrons. The lowest BCUT2D eigenvalue weighted by atomic mass is 10.0. The Labute approximate surface area is 159 Å². The van der Waals surface area contributed by atoms with Crippen molar-refractivity contribution in [3.63, 3.8) is 0 Å². The van der Waals surface area contributed by atoms with E-state index in [0.717, 1.165) is 29.0 Å². The summed E-state index contributed by atoms with van der Waals surface area (Å²) in [6.07, 6.45) is 5.18. The van der Waals surface area contributed by atoms with Crippen molar-refractivity contribution < 1.29 is 0 Å². The van der Waals surface area contributed by atoms with Gasteiger partial charge < -0.3 is 0 Å². The highest BCUT2D eigenvalue weighted by Gasteiger charge is 2.22. The molecule has 3 aromatic rings. The Balaban J connectivity index is 1.67. The molecule has 0 spiro atoms. The zero-order valence-corrected chi connectivity index (χ0v) is 15.7. The maximum absolute atomic E-state index is 12.9. The van der Waals surface area contributed by atoms with Crippen LogP contribution in [0.1, 0.15) is 30.5 Å². The lowest BCUT2D eigenvalue weighted by molar-refractivity contribution is 0.518. The average Bonchev–Trinajstić information content (AvgIpc) is 2.95. The van der Waals surface area contributed by atoms with Crippen molar-refractivity contribution >= 4 is 10.7 Å². The van der Waals surface area contributed by atoms with Crippen LogP contribution in [0, 0.1) is 23.0 Å². The smallest absolute Gasteiger partial charge is 0.280 e. The van der Waals surface area contributed by atoms with Gasteiger partial charge in [0.05, 0.1) is 17.2 Å². The third-order valence-corrected chi connectivity index (χ3v) is 6.85. The van der Waals surface area contributed by atoms with Crippen LogP contribution >= 0.6 is 0 Å². The summed E-state index contributed by atoms with van der Waals surface area (Å²) in [6.45, 7) is 1.84. The first-order chi connectivity index (χ1) is 13.1. The van der Waals surface area contributed by atoms with Gasteiger partial charge in [-0.05, 0) is 49.6 Å². The number of hydrogen-bond donors (Lipinski definition) is 2. The van der Waals surface area contributed by atoms with Crippen molar-refractivity contribution in [2.24, 2.45) is 0 Å². The summed E-state index contributed by atoms with van der Waals surface area (Å²) in [5, 5.41) is 12.5. The summed E-state index contributed by atoms with van der Waals surface area (Å²) in [4.78, 5) is 18.3. The van der Waals surface area contributed by atoms with E-state index in [1.54, 1.807) is 36.5 Å². The van der Waals surface area contributed by atoms with E-state index < -0.39 is 10.7 Å². The van der Waals surface area contributed by atoms with E-state index in [0.29, 0.717) is 22.2 Å². The first-order valence-electron chi connectivity index (χ1n) is 8.81. The van der Waals surface area contributed by atoms with E-state index in [1.807, 2.05) is 13.0 Å². The minimum absolute atomic E-state index is 0.179. The number of H-pyrrole nitrogens is 1. The molecule has 0 saturated heterocycles. The molecule has 0 aliphatic heterocycles. The second-order valence-corrected chi connectivity index (χ2v) is 8.50. The van der Waals surface area contributed by atoms with Crippen LogP contribution in [0.4, 0.5) is 0 Å². The largest absolute Gasteiger partial charge is 0.293 e. The summed E-state index contributed by atoms with van der Waals surface area (Å²) in [7, 11) is -0.530. The van der Waals surface area contributed by atoms with Gasteiger partial charge in [0.25, 0.3) is 5.56 Å². The van der Waals surface area contributed by atoms with Gasteiger partial charge in [-0.1, -0.05) is 29.2 Å². The lowest BCUT2D eigenvalue weighted by Crippen LogP contribution is -2.23. The SMILES string of the molecule is Cc1[nH]n(-c2ccc(S(=N)C3CCC3)cn2)c(=O)c1-c1ccc(C#N)cc1. The Morgan fingerprint density at radius 2 is 2.00 bits per heavy atom. The van der Waals surface area contributed by atoms with E-state index in [1.165, 1.54) is 11.1 Å². The molecule has 2 N–H and O–H groups in total. The molecule has 2 aromatic heterocycles. The van der Waals surface area contributed by atoms with Crippen molar-refractivity contribution in [2.75, 3.05) is 0 Å². The van der Waals surface area contributed by atoms with E-state index in [4.69, 9.17) is 10.0 Å². The molecule has 6 nitrogen and oxygen atoms in total. The molecule has 0 bridgehead atoms. The summed E-state index contributed by atoms with van der Waals surface area (Å²) in [5.41, 5.74) is 2.45. The number of nitrogens with one attached hydrogen (secondary N) is 2. The summed E-state index contributed by atoms with van der Waals surface area (Å²) < 4.78 is 9.79. The first kappa shape index (κ1) is 17.4. The zero-order valence-electron chi connectivity index (χ0n) is 14.9. The van der Waals surface area contributed by atoms with Crippen LogP contribution < -0.4 is 5.56 Å². The minimum atomic E-state index is -0.530. The number of nitriles is 1. The average molecular weight is 377 g/mol. The van der Waals surface area contributed by atoms with Crippen LogP contribution in [0.25, 0.3) is 16.9 Å². The second-order valence-electron chi connectivity index (χ2n) is 6.68. The normalized spacial score (nSPS) is 15.1. The quantitative estimate of drug-likeness (QED) is 0.725. The first-order valence-corrected chi connectivity index (χ1v) is 10.1. The molecule has 1 atom stereocenters. The van der Waals surface area contributed by atoms with E-state index in [9.17, 15) is 4.79 Å². The van der Waals surface area contributed by atoms with Gasteiger partial charge in [-0.15, -0.1) is 0 Å². The van der Waals surface area contributed by atoms with Gasteiger partial charge in [-0.25, -0.2) is 9.67 Å². The summed E-state index contributed by atoms with van der Waals surface area (Å²) in [6, 6.07) is 12.7. The van der Waals surface area contributed by atoms with Crippen molar-refractivity contribution in [1.82, 2.24) is 14.8 Å². The van der Waals surface area contributed by atoms with Crippen LogP contribution in [0.2, 0.25) is 0 Å². The minimum Gasteiger partial charge on any atom is -0.293 e. The molecule has 1 unspecified atom stereocenters. The van der Waals surface area contributed by atoms with Gasteiger partial charge in [0.1, 0.15) is 0 Å². The number of aromatic nitrogens is 3. The molecule has 2 heterocycles. The summed E-state index contributed by atoms with van der Waals surface area (Å²) in [5.74, 6) is 0.511. The van der Waals surface area contributed by atoms with Gasteiger partial charge in [0.2, 0.25) is 0 Å². The maximum atomic E-state index is 12.9. The lowest BCUT2D eigenvalue weighted by Gasteiger charge is -2.26. The fraction of sp³-hybridized carbons (Fsp3) is 0.250. The van der Waals surface area contributed by atoms with Crippen LogP contribution in [0.15, 0.2) is 52.3 Å². The van der Waals surface area contributed by atoms with Crippen LogP contribution in [-0.4, -0.2) is 20.0 Å². The Hall–Kier alpha value is -2.98. The molecule has 0 amide bonds. The molecule has 27 heavy (non-hydrogen) atoms. The molecule has 1 aliphatic rings. The van der Waals surface area contributed by atoms with Crippen LogP contribution in [-0.2, 0) is 10.7 Å². The number of aryl methyl sites for hydroxylation is 1. The van der Waals surface area contributed by atoms with E-state index >= 15 is 0 Å². The van der Waals surface area contributed by atoms with E-state index in [2.05, 4.69) is 16.2 Å². The standard InChI is InChI=1S/C20H19N5OS/c1-13-19(15-7-5-14(11-21)6-8-15)20(26)25(24-13)18-10-9-17(12-23-18)27(22)16-3-2-4-16/h5-10,12,16,22,24H,2-4H2,1H3. The highest BCUT2D eigenvalue weighted by atomic mass is 32.2. The molecule has 136 valence electrons. The van der Waals surface area contributed by atoms with Crippen LogP contribution in [0.5, 0.6) is 0 Å². The number of benzene rings is 1. The van der Waals surface area contributed by atoms with Gasteiger partial charge in [0.15, 0.2) is 5.82 Å². The topological polar surface area (TPSA) is 98.3 Å². The Kier molecular flexibility index (Phi) is 4.50. The second kappa shape index (κ2) is 6.97. The molecule has 4 rings (SSSR count). The maximum Gasteiger partial charge on any atom is 0.280 e. The number of nitrogens with zero attached hydrogens (tertiary/aromatic N) is 3. The predicted molar refractivity (Wildman–Crippen MR) is 105 cm³/mol. The van der Waals surface area contributed by atoms with Crippen molar-refractivity contribution in [3.05, 3.63) is 64.2 Å². The third-order valence-electron chi connectivity index (χ3n) is 4.96.